The number of aromatic carboxylic acids is 1. The summed E-state index contributed by atoms with van der Waals surface area (Å²) < 4.78 is 1.65. The van der Waals surface area contributed by atoms with Crippen LogP contribution < -0.4 is 0 Å². The van der Waals surface area contributed by atoms with Crippen LogP contribution in [0.15, 0.2) is 20.7 Å². The molecule has 2 aromatic heterocycles. The monoisotopic (exact) mass is 380 g/mol. The molecule has 2 rings (SSSR count). The van der Waals surface area contributed by atoms with E-state index in [4.69, 9.17) is 5.11 Å². The van der Waals surface area contributed by atoms with Gasteiger partial charge >= 0.3 is 5.97 Å². The maximum absolute atomic E-state index is 10.9. The molecule has 5 nitrogen and oxygen atoms in total. The molecule has 0 aliphatic heterocycles. The van der Waals surface area contributed by atoms with Gasteiger partial charge in [0.25, 0.3) is 0 Å². The number of hydrogen-bond acceptors (Lipinski definition) is 4. The Morgan fingerprint density at radius 1 is 1.53 bits per heavy atom. The van der Waals surface area contributed by atoms with E-state index in [1.165, 1.54) is 17.7 Å². The van der Waals surface area contributed by atoms with Crippen molar-refractivity contribution in [3.05, 3.63) is 36.9 Å². The molecule has 0 bridgehead atoms. The number of aliphatic hydroxyl groups is 1. The summed E-state index contributed by atoms with van der Waals surface area (Å²) >= 11 is 7.94. The number of carbonyl (C=O) groups is 1. The van der Waals surface area contributed by atoms with Gasteiger partial charge in [0.1, 0.15) is 6.10 Å². The number of H-pyrrole nitrogens is 1. The molecule has 2 heterocycles. The van der Waals surface area contributed by atoms with Crippen LogP contribution in [0.3, 0.4) is 0 Å². The molecule has 0 amide bonds. The number of aromatic amines is 1. The van der Waals surface area contributed by atoms with Gasteiger partial charge in [0.15, 0.2) is 5.69 Å². The summed E-state index contributed by atoms with van der Waals surface area (Å²) in [5.74, 6) is -1.17. The Labute approximate surface area is 117 Å². The van der Waals surface area contributed by atoms with Crippen molar-refractivity contribution in [2.75, 3.05) is 0 Å². The van der Waals surface area contributed by atoms with Crippen LogP contribution in [0, 0.1) is 0 Å². The summed E-state index contributed by atoms with van der Waals surface area (Å²) in [4.78, 5) is 17.8. The van der Waals surface area contributed by atoms with Gasteiger partial charge in [0.05, 0.1) is 15.8 Å². The summed E-state index contributed by atoms with van der Waals surface area (Å²) in [6.45, 7) is 0. The van der Waals surface area contributed by atoms with Crippen molar-refractivity contribution >= 4 is 49.2 Å². The minimum absolute atomic E-state index is 0.168. The molecule has 2 aromatic rings. The van der Waals surface area contributed by atoms with Gasteiger partial charge in [0, 0.05) is 9.35 Å². The van der Waals surface area contributed by atoms with Gasteiger partial charge < -0.3 is 15.2 Å². The van der Waals surface area contributed by atoms with E-state index in [1.807, 2.05) is 0 Å². The highest BCUT2D eigenvalue weighted by molar-refractivity contribution is 9.13. The number of imidazole rings is 1. The molecule has 0 saturated heterocycles. The Balaban J connectivity index is 2.40. The second-order valence-corrected chi connectivity index (χ2v) is 6.40. The minimum Gasteiger partial charge on any atom is -0.476 e. The third-order valence-corrected chi connectivity index (χ3v) is 5.39. The third kappa shape index (κ3) is 2.44. The Morgan fingerprint density at radius 2 is 2.24 bits per heavy atom. The van der Waals surface area contributed by atoms with Gasteiger partial charge in [0.2, 0.25) is 0 Å². The number of aromatic nitrogens is 2. The lowest BCUT2D eigenvalue weighted by Crippen LogP contribution is -2.07. The molecule has 8 heteroatoms. The van der Waals surface area contributed by atoms with Crippen molar-refractivity contribution in [3.63, 3.8) is 0 Å². The highest BCUT2D eigenvalue weighted by Crippen LogP contribution is 2.37. The van der Waals surface area contributed by atoms with E-state index in [0.717, 1.165) is 8.26 Å². The molecule has 0 aliphatic carbocycles. The Morgan fingerprint density at radius 3 is 2.76 bits per heavy atom. The first-order chi connectivity index (χ1) is 8.00. The fourth-order valence-corrected chi connectivity index (χ4v) is 3.41. The van der Waals surface area contributed by atoms with Crippen molar-refractivity contribution in [1.29, 1.82) is 0 Å². The summed E-state index contributed by atoms with van der Waals surface area (Å²) in [7, 11) is 0. The van der Waals surface area contributed by atoms with Crippen LogP contribution in [0.5, 0.6) is 0 Å². The average molecular weight is 382 g/mol. The van der Waals surface area contributed by atoms with E-state index in [2.05, 4.69) is 41.8 Å². The Hall–Kier alpha value is -0.700. The zero-order valence-corrected chi connectivity index (χ0v) is 12.1. The van der Waals surface area contributed by atoms with Gasteiger partial charge in [-0.1, -0.05) is 0 Å². The van der Waals surface area contributed by atoms with Crippen LogP contribution in [0.2, 0.25) is 0 Å². The van der Waals surface area contributed by atoms with E-state index in [-0.39, 0.29) is 11.4 Å². The molecule has 17 heavy (non-hydrogen) atoms. The Kier molecular flexibility index (Phi) is 3.67. The lowest BCUT2D eigenvalue weighted by molar-refractivity contribution is 0.0685. The zero-order chi connectivity index (χ0) is 12.6. The number of carboxylic acid groups (broad SMARTS) is 1. The highest BCUT2D eigenvalue weighted by atomic mass is 79.9. The smallest absolute Gasteiger partial charge is 0.356 e. The van der Waals surface area contributed by atoms with E-state index < -0.39 is 12.1 Å². The van der Waals surface area contributed by atoms with Gasteiger partial charge in [-0.05, 0) is 37.9 Å². The minimum atomic E-state index is -1.17. The molecule has 1 atom stereocenters. The molecule has 0 aromatic carbocycles. The topological polar surface area (TPSA) is 86.2 Å². The van der Waals surface area contributed by atoms with Crippen molar-refractivity contribution < 1.29 is 15.0 Å². The van der Waals surface area contributed by atoms with Crippen molar-refractivity contribution in [2.45, 2.75) is 6.10 Å². The van der Waals surface area contributed by atoms with Crippen molar-refractivity contribution in [3.8, 4) is 0 Å². The predicted octanol–water partition coefficient (Wildman–Crippen LogP) is 2.78. The molecule has 1 unspecified atom stereocenters. The number of hydrogen-bond donors (Lipinski definition) is 3. The highest BCUT2D eigenvalue weighted by Gasteiger charge is 2.23. The molecular formula is C9H6Br2N2O3S. The summed E-state index contributed by atoms with van der Waals surface area (Å²) in [5.41, 5.74) is 0.0110. The number of carboxylic acids is 1. The lowest BCUT2D eigenvalue weighted by Gasteiger charge is -2.06. The molecule has 0 aliphatic rings. The number of rotatable bonds is 3. The van der Waals surface area contributed by atoms with E-state index in [0.29, 0.717) is 4.88 Å². The van der Waals surface area contributed by atoms with Crippen LogP contribution in [0.25, 0.3) is 0 Å². The SMILES string of the molecule is O=C(O)c1nc[nH]c1C(O)c1cc(Br)c(Br)s1. The molecule has 0 radical (unpaired) electrons. The molecule has 3 N–H and O–H groups in total. The van der Waals surface area contributed by atoms with Crippen LogP contribution >= 0.6 is 43.2 Å². The molecular weight excluding hydrogens is 376 g/mol. The second kappa shape index (κ2) is 4.89. The fraction of sp³-hybridized carbons (Fsp3) is 0.111. The first-order valence-electron chi connectivity index (χ1n) is 4.40. The number of nitrogens with zero attached hydrogens (tertiary/aromatic N) is 1. The largest absolute Gasteiger partial charge is 0.476 e. The number of thiophene rings is 1. The van der Waals surface area contributed by atoms with Crippen LogP contribution in [0.1, 0.15) is 27.2 Å². The van der Waals surface area contributed by atoms with Crippen LogP contribution in [-0.4, -0.2) is 26.2 Å². The van der Waals surface area contributed by atoms with Crippen LogP contribution in [0.4, 0.5) is 0 Å². The maximum atomic E-state index is 10.9. The van der Waals surface area contributed by atoms with E-state index >= 15 is 0 Å². The van der Waals surface area contributed by atoms with Gasteiger partial charge in [-0.3, -0.25) is 0 Å². The van der Waals surface area contributed by atoms with Gasteiger partial charge in [-0.25, -0.2) is 9.78 Å². The first kappa shape index (κ1) is 12.7. The van der Waals surface area contributed by atoms with Crippen LogP contribution in [-0.2, 0) is 0 Å². The molecule has 0 saturated carbocycles. The lowest BCUT2D eigenvalue weighted by atomic mass is 10.2. The standard InChI is InChI=1S/C9H6Br2N2O3S/c10-3-1-4(17-8(3)11)7(14)5-6(9(15)16)13-2-12-5/h1-2,7,14H,(H,12,13)(H,15,16). The number of aliphatic hydroxyl groups excluding tert-OH is 1. The molecule has 0 fully saturated rings. The fourth-order valence-electron chi connectivity index (χ4n) is 1.32. The third-order valence-electron chi connectivity index (χ3n) is 2.08. The van der Waals surface area contributed by atoms with Gasteiger partial charge in [-0.2, -0.15) is 0 Å². The predicted molar refractivity (Wildman–Crippen MR) is 69.3 cm³/mol. The quantitative estimate of drug-likeness (QED) is 0.762. The van der Waals surface area contributed by atoms with Crippen molar-refractivity contribution in [1.82, 2.24) is 9.97 Å². The Bertz CT molecular complexity index is 547. The van der Waals surface area contributed by atoms with Gasteiger partial charge in [-0.15, -0.1) is 11.3 Å². The second-order valence-electron chi connectivity index (χ2n) is 3.14. The van der Waals surface area contributed by atoms with E-state index in [1.54, 1.807) is 6.07 Å². The summed E-state index contributed by atoms with van der Waals surface area (Å²) in [5, 5.41) is 19.0. The average Bonchev–Trinajstić information content (AvgIpc) is 2.85. The maximum Gasteiger partial charge on any atom is 0.356 e. The molecule has 0 spiro atoms. The van der Waals surface area contributed by atoms with Crippen molar-refractivity contribution in [2.24, 2.45) is 0 Å². The molecule has 90 valence electrons. The van der Waals surface area contributed by atoms with E-state index in [9.17, 15) is 9.90 Å². The normalized spacial score (nSPS) is 12.6. The number of nitrogens with one attached hydrogen (secondary N) is 1. The summed E-state index contributed by atoms with van der Waals surface area (Å²) in [6.07, 6.45) is 0.218. The first-order valence-corrected chi connectivity index (χ1v) is 6.80. The summed E-state index contributed by atoms with van der Waals surface area (Å²) in [6, 6.07) is 1.73. The zero-order valence-electron chi connectivity index (χ0n) is 8.15. The number of halogens is 2.